The smallest absolute Gasteiger partial charge is 0.319 e. The number of carbonyl (C=O) groups is 1. The van der Waals surface area contributed by atoms with Crippen molar-refractivity contribution in [1.82, 2.24) is 19.7 Å². The normalized spacial score (nSPS) is 24.9. The number of nitrogens with zero attached hydrogens (tertiary/aromatic N) is 3. The van der Waals surface area contributed by atoms with Gasteiger partial charge in [0.1, 0.15) is 11.4 Å². The van der Waals surface area contributed by atoms with E-state index in [1.54, 1.807) is 0 Å². The molecule has 0 radical (unpaired) electrons. The number of ether oxygens (including phenoxy) is 2. The van der Waals surface area contributed by atoms with Crippen molar-refractivity contribution in [3.05, 3.63) is 30.5 Å². The van der Waals surface area contributed by atoms with Gasteiger partial charge < -0.3 is 14.5 Å². The SMILES string of the molecule is C[C@@H]1C[C@H](Sc2nnc(-c3c[nH]c4ccccc34)n2C[C@@H]2CCCO2)C(=O)O1. The van der Waals surface area contributed by atoms with Gasteiger partial charge in [-0.3, -0.25) is 9.36 Å². The van der Waals surface area contributed by atoms with Crippen LogP contribution in [-0.4, -0.2) is 49.8 Å². The van der Waals surface area contributed by atoms with Crippen molar-refractivity contribution in [1.29, 1.82) is 0 Å². The number of benzene rings is 1. The van der Waals surface area contributed by atoms with Crippen LogP contribution < -0.4 is 0 Å². The van der Waals surface area contributed by atoms with Gasteiger partial charge >= 0.3 is 5.97 Å². The summed E-state index contributed by atoms with van der Waals surface area (Å²) in [5.74, 6) is 0.632. The van der Waals surface area contributed by atoms with Crippen molar-refractivity contribution < 1.29 is 14.3 Å². The minimum atomic E-state index is -0.238. The van der Waals surface area contributed by atoms with Gasteiger partial charge in [0.25, 0.3) is 0 Å². The molecule has 1 N–H and O–H groups in total. The quantitative estimate of drug-likeness (QED) is 0.664. The van der Waals surface area contributed by atoms with E-state index in [2.05, 4.69) is 25.8 Å². The third-order valence-corrected chi connectivity index (χ3v) is 6.51. The first-order chi connectivity index (χ1) is 13.7. The molecule has 2 fully saturated rings. The summed E-state index contributed by atoms with van der Waals surface area (Å²) < 4.78 is 13.3. The van der Waals surface area contributed by atoms with E-state index in [4.69, 9.17) is 9.47 Å². The van der Waals surface area contributed by atoms with Crippen LogP contribution in [0.4, 0.5) is 0 Å². The lowest BCUT2D eigenvalue weighted by Gasteiger charge is -2.15. The molecule has 0 saturated carbocycles. The number of hydrogen-bond donors (Lipinski definition) is 1. The summed E-state index contributed by atoms with van der Waals surface area (Å²) in [6.45, 7) is 3.40. The van der Waals surface area contributed by atoms with Gasteiger partial charge in [0, 0.05) is 35.7 Å². The summed E-state index contributed by atoms with van der Waals surface area (Å²) in [6.07, 6.45) is 4.86. The zero-order valence-corrected chi connectivity index (χ0v) is 16.4. The molecule has 2 saturated heterocycles. The molecular formula is C20H22N4O3S. The van der Waals surface area contributed by atoms with Crippen LogP contribution in [0, 0.1) is 0 Å². The topological polar surface area (TPSA) is 82.0 Å². The molecule has 0 amide bonds. The highest BCUT2D eigenvalue weighted by Crippen LogP contribution is 2.35. The van der Waals surface area contributed by atoms with E-state index in [1.165, 1.54) is 11.8 Å². The Hall–Kier alpha value is -2.32. The van der Waals surface area contributed by atoms with Crippen LogP contribution in [0.3, 0.4) is 0 Å². The Bertz CT molecular complexity index is 1010. The van der Waals surface area contributed by atoms with Crippen LogP contribution in [0.2, 0.25) is 0 Å². The van der Waals surface area contributed by atoms with Crippen LogP contribution in [0.1, 0.15) is 26.2 Å². The maximum absolute atomic E-state index is 12.1. The Morgan fingerprint density at radius 1 is 1.32 bits per heavy atom. The van der Waals surface area contributed by atoms with Gasteiger partial charge in [0.15, 0.2) is 11.0 Å². The Balaban J connectivity index is 1.53. The number of H-pyrrole nitrogens is 1. The third kappa shape index (κ3) is 3.20. The van der Waals surface area contributed by atoms with Crippen molar-refractivity contribution in [2.45, 2.75) is 55.3 Å². The molecule has 0 aliphatic carbocycles. The van der Waals surface area contributed by atoms with Crippen LogP contribution in [0.5, 0.6) is 0 Å². The number of para-hydroxylation sites is 1. The van der Waals surface area contributed by atoms with E-state index in [-0.39, 0.29) is 23.4 Å². The molecule has 8 heteroatoms. The van der Waals surface area contributed by atoms with Crippen molar-refractivity contribution in [2.75, 3.05) is 6.61 Å². The number of cyclic esters (lactones) is 1. The zero-order chi connectivity index (χ0) is 19.1. The lowest BCUT2D eigenvalue weighted by atomic mass is 10.1. The molecule has 0 spiro atoms. The average Bonchev–Trinajstić information content (AvgIpc) is 3.45. The number of aromatic nitrogens is 4. The molecule has 2 aromatic heterocycles. The zero-order valence-electron chi connectivity index (χ0n) is 15.6. The summed E-state index contributed by atoms with van der Waals surface area (Å²) in [7, 11) is 0. The van der Waals surface area contributed by atoms with Crippen LogP contribution >= 0.6 is 11.8 Å². The van der Waals surface area contributed by atoms with Crippen molar-refractivity contribution in [3.8, 4) is 11.4 Å². The molecule has 0 bridgehead atoms. The minimum Gasteiger partial charge on any atom is -0.462 e. The molecule has 2 aliphatic heterocycles. The number of nitrogens with one attached hydrogen (secondary N) is 1. The molecule has 146 valence electrons. The lowest BCUT2D eigenvalue weighted by molar-refractivity contribution is -0.140. The fourth-order valence-electron chi connectivity index (χ4n) is 3.93. The molecule has 28 heavy (non-hydrogen) atoms. The summed E-state index contributed by atoms with van der Waals surface area (Å²) in [6, 6.07) is 8.15. The van der Waals surface area contributed by atoms with E-state index < -0.39 is 0 Å². The molecule has 3 aromatic rings. The van der Waals surface area contributed by atoms with Crippen molar-refractivity contribution >= 4 is 28.6 Å². The second-order valence-electron chi connectivity index (χ2n) is 7.39. The van der Waals surface area contributed by atoms with Crippen LogP contribution in [-0.2, 0) is 20.8 Å². The summed E-state index contributed by atoms with van der Waals surface area (Å²) in [5.41, 5.74) is 2.07. The molecule has 1 aromatic carbocycles. The third-order valence-electron chi connectivity index (χ3n) is 5.33. The largest absolute Gasteiger partial charge is 0.462 e. The number of carbonyl (C=O) groups excluding carboxylic acids is 1. The van der Waals surface area contributed by atoms with Crippen molar-refractivity contribution in [2.24, 2.45) is 0 Å². The molecule has 0 unspecified atom stereocenters. The Labute approximate surface area is 166 Å². The van der Waals surface area contributed by atoms with Crippen LogP contribution in [0.25, 0.3) is 22.3 Å². The first kappa shape index (κ1) is 17.8. The van der Waals surface area contributed by atoms with Crippen LogP contribution in [0.15, 0.2) is 35.6 Å². The van der Waals surface area contributed by atoms with Gasteiger partial charge in [-0.05, 0) is 25.8 Å². The number of aromatic amines is 1. The predicted molar refractivity (Wildman–Crippen MR) is 106 cm³/mol. The molecule has 3 atom stereocenters. The summed E-state index contributed by atoms with van der Waals surface area (Å²) >= 11 is 1.45. The number of rotatable bonds is 5. The minimum absolute atomic E-state index is 0.0485. The number of fused-ring (bicyclic) bond motifs is 1. The Kier molecular flexibility index (Phi) is 4.60. The number of thioether (sulfide) groups is 1. The highest BCUT2D eigenvalue weighted by atomic mass is 32.2. The summed E-state index contributed by atoms with van der Waals surface area (Å²) in [4.78, 5) is 15.4. The van der Waals surface area contributed by atoms with Gasteiger partial charge in [-0.2, -0.15) is 0 Å². The molecule has 2 aliphatic rings. The van der Waals surface area contributed by atoms with E-state index in [1.807, 2.05) is 31.3 Å². The number of hydrogen-bond acceptors (Lipinski definition) is 6. The fourth-order valence-corrected chi connectivity index (χ4v) is 5.08. The molecule has 4 heterocycles. The molecule has 7 nitrogen and oxygen atoms in total. The van der Waals surface area contributed by atoms with E-state index in [0.717, 1.165) is 46.9 Å². The summed E-state index contributed by atoms with van der Waals surface area (Å²) in [5, 5.41) is 10.6. The van der Waals surface area contributed by atoms with Crippen molar-refractivity contribution in [3.63, 3.8) is 0 Å². The Morgan fingerprint density at radius 2 is 2.21 bits per heavy atom. The highest BCUT2D eigenvalue weighted by Gasteiger charge is 2.35. The fraction of sp³-hybridized carbons (Fsp3) is 0.450. The van der Waals surface area contributed by atoms with Gasteiger partial charge in [-0.1, -0.05) is 30.0 Å². The van der Waals surface area contributed by atoms with Gasteiger partial charge in [0.2, 0.25) is 0 Å². The van der Waals surface area contributed by atoms with E-state index in [0.29, 0.717) is 13.0 Å². The second-order valence-corrected chi connectivity index (χ2v) is 8.56. The van der Waals surface area contributed by atoms with Gasteiger partial charge in [-0.25, -0.2) is 0 Å². The average molecular weight is 398 g/mol. The maximum atomic E-state index is 12.1. The number of esters is 1. The van der Waals surface area contributed by atoms with Gasteiger partial charge in [-0.15, -0.1) is 10.2 Å². The Morgan fingerprint density at radius 3 is 3.00 bits per heavy atom. The van der Waals surface area contributed by atoms with E-state index >= 15 is 0 Å². The lowest BCUT2D eigenvalue weighted by Crippen LogP contribution is -2.18. The maximum Gasteiger partial charge on any atom is 0.319 e. The highest BCUT2D eigenvalue weighted by molar-refractivity contribution is 8.00. The monoisotopic (exact) mass is 398 g/mol. The van der Waals surface area contributed by atoms with E-state index in [9.17, 15) is 4.79 Å². The standard InChI is InChI=1S/C20H22N4O3S/c1-12-9-17(19(25)27-12)28-20-23-22-18(24(20)11-13-5-4-8-26-13)15-10-21-16-7-3-2-6-14(15)16/h2-3,6-7,10,12-13,17,21H,4-5,8-9,11H2,1H3/t12-,13+,17+/m1/s1. The molecular weight excluding hydrogens is 376 g/mol. The second kappa shape index (κ2) is 7.25. The first-order valence-electron chi connectivity index (χ1n) is 9.67. The first-order valence-corrected chi connectivity index (χ1v) is 10.6. The van der Waals surface area contributed by atoms with Gasteiger partial charge in [0.05, 0.1) is 12.6 Å². The predicted octanol–water partition coefficient (Wildman–Crippen LogP) is 3.40. The molecule has 5 rings (SSSR count).